The van der Waals surface area contributed by atoms with E-state index in [1.807, 2.05) is 0 Å². The van der Waals surface area contributed by atoms with Gasteiger partial charge in [-0.3, -0.25) is 4.79 Å². The number of aromatic nitrogens is 4. The average Bonchev–Trinajstić information content (AvgIpc) is 3.50. The molecule has 0 aliphatic carbocycles. The zero-order valence-corrected chi connectivity index (χ0v) is 18.3. The third-order valence-corrected chi connectivity index (χ3v) is 5.03. The highest BCUT2D eigenvalue weighted by molar-refractivity contribution is 6.03. The first-order chi connectivity index (χ1) is 17.1. The molecule has 0 aliphatic heterocycles. The number of hydrogen-bond acceptors (Lipinski definition) is 4. The Balaban J connectivity index is 1.66. The summed E-state index contributed by atoms with van der Waals surface area (Å²) in [5, 5.41) is 16.8. The van der Waals surface area contributed by atoms with Crippen molar-refractivity contribution in [1.82, 2.24) is 24.6 Å². The van der Waals surface area contributed by atoms with Crippen LogP contribution in [-0.2, 0) is 19.3 Å². The van der Waals surface area contributed by atoms with E-state index in [1.165, 1.54) is 30.3 Å². The maximum atomic E-state index is 14.5. The summed E-state index contributed by atoms with van der Waals surface area (Å²) in [6.45, 7) is 0.212. The number of rotatable bonds is 7. The van der Waals surface area contributed by atoms with Crippen molar-refractivity contribution in [2.24, 2.45) is 0 Å². The fourth-order valence-electron chi connectivity index (χ4n) is 3.40. The predicted octanol–water partition coefficient (Wildman–Crippen LogP) is 4.29. The summed E-state index contributed by atoms with van der Waals surface area (Å²) in [6.07, 6.45) is -1.31. The Bertz CT molecular complexity index is 1400. The third kappa shape index (κ3) is 5.68. The van der Waals surface area contributed by atoms with Gasteiger partial charge in [0.2, 0.25) is 0 Å². The van der Waals surface area contributed by atoms with Crippen molar-refractivity contribution in [2.45, 2.75) is 19.3 Å². The molecule has 0 atom stereocenters. The molecule has 0 bridgehead atoms. The van der Waals surface area contributed by atoms with Gasteiger partial charge in [0.05, 0.1) is 17.7 Å². The van der Waals surface area contributed by atoms with E-state index in [0.717, 1.165) is 10.7 Å². The zero-order chi connectivity index (χ0) is 25.9. The van der Waals surface area contributed by atoms with Gasteiger partial charge < -0.3 is 20.3 Å². The summed E-state index contributed by atoms with van der Waals surface area (Å²) in [4.78, 5) is 27.7. The van der Waals surface area contributed by atoms with Gasteiger partial charge in [0.25, 0.3) is 5.91 Å². The lowest BCUT2D eigenvalue weighted by Crippen LogP contribution is -2.20. The molecule has 0 saturated heterocycles. The molecule has 186 valence electrons. The highest BCUT2D eigenvalue weighted by Gasteiger charge is 2.36. The van der Waals surface area contributed by atoms with E-state index >= 15 is 0 Å². The van der Waals surface area contributed by atoms with Crippen molar-refractivity contribution in [3.63, 3.8) is 0 Å². The standard InChI is InChI=1S/C23H18F4N6O3/c24-17-5-4-15(12-32-7-6-28-13-32)9-18(17)30-21(34)19-10-20(23(25,26)27)31-33(19)16-3-1-2-14(8-16)11-29-22(35)36/h1-10,13,29H,11-12H2,(H,30,34)(H,35,36). The largest absolute Gasteiger partial charge is 0.465 e. The predicted molar refractivity (Wildman–Crippen MR) is 119 cm³/mol. The van der Waals surface area contributed by atoms with Gasteiger partial charge in [0.1, 0.15) is 11.5 Å². The molecule has 13 heteroatoms. The van der Waals surface area contributed by atoms with E-state index in [2.05, 4.69) is 20.7 Å². The van der Waals surface area contributed by atoms with Crippen LogP contribution >= 0.6 is 0 Å². The normalized spacial score (nSPS) is 11.3. The van der Waals surface area contributed by atoms with Gasteiger partial charge >= 0.3 is 12.3 Å². The minimum Gasteiger partial charge on any atom is -0.465 e. The highest BCUT2D eigenvalue weighted by Crippen LogP contribution is 2.30. The number of benzene rings is 2. The van der Waals surface area contributed by atoms with Crippen LogP contribution in [-0.4, -0.2) is 36.4 Å². The molecule has 0 saturated carbocycles. The van der Waals surface area contributed by atoms with E-state index in [0.29, 0.717) is 23.7 Å². The lowest BCUT2D eigenvalue weighted by molar-refractivity contribution is -0.141. The molecule has 2 aromatic heterocycles. The summed E-state index contributed by atoms with van der Waals surface area (Å²) < 4.78 is 57.2. The summed E-state index contributed by atoms with van der Waals surface area (Å²) in [6, 6.07) is 10.4. The van der Waals surface area contributed by atoms with Gasteiger partial charge in [-0.25, -0.2) is 18.9 Å². The van der Waals surface area contributed by atoms with E-state index in [9.17, 15) is 27.2 Å². The number of nitrogens with one attached hydrogen (secondary N) is 2. The lowest BCUT2D eigenvalue weighted by Gasteiger charge is -2.12. The number of carboxylic acid groups (broad SMARTS) is 1. The number of carbonyl (C=O) groups is 2. The Morgan fingerprint density at radius 1 is 1.06 bits per heavy atom. The zero-order valence-electron chi connectivity index (χ0n) is 18.3. The van der Waals surface area contributed by atoms with Crippen LogP contribution in [0.25, 0.3) is 5.69 Å². The first-order valence-corrected chi connectivity index (χ1v) is 10.4. The summed E-state index contributed by atoms with van der Waals surface area (Å²) in [5.41, 5.74) is -0.925. The molecule has 3 N–H and O–H groups in total. The summed E-state index contributed by atoms with van der Waals surface area (Å²) in [5.74, 6) is -1.80. The second kappa shape index (κ2) is 9.90. The molecular weight excluding hydrogens is 484 g/mol. The van der Waals surface area contributed by atoms with Crippen molar-refractivity contribution in [1.29, 1.82) is 0 Å². The molecule has 0 spiro atoms. The van der Waals surface area contributed by atoms with E-state index < -0.39 is 35.4 Å². The van der Waals surface area contributed by atoms with Gasteiger partial charge in [0.15, 0.2) is 5.69 Å². The molecule has 0 radical (unpaired) electrons. The number of alkyl halides is 3. The monoisotopic (exact) mass is 502 g/mol. The Morgan fingerprint density at radius 3 is 2.56 bits per heavy atom. The van der Waals surface area contributed by atoms with Crippen LogP contribution < -0.4 is 10.6 Å². The highest BCUT2D eigenvalue weighted by atomic mass is 19.4. The van der Waals surface area contributed by atoms with Crippen LogP contribution in [0.3, 0.4) is 0 Å². The molecule has 2 aromatic carbocycles. The Kier molecular flexibility index (Phi) is 6.72. The molecule has 0 fully saturated rings. The van der Waals surface area contributed by atoms with Crippen molar-refractivity contribution in [3.8, 4) is 5.69 Å². The van der Waals surface area contributed by atoms with Crippen LogP contribution in [0.1, 0.15) is 27.3 Å². The number of hydrogen-bond donors (Lipinski definition) is 3. The molecule has 2 amide bonds. The maximum Gasteiger partial charge on any atom is 0.435 e. The third-order valence-electron chi connectivity index (χ3n) is 5.03. The van der Waals surface area contributed by atoms with Crippen molar-refractivity contribution >= 4 is 17.7 Å². The van der Waals surface area contributed by atoms with Crippen LogP contribution in [0.5, 0.6) is 0 Å². The van der Waals surface area contributed by atoms with Crippen LogP contribution in [0, 0.1) is 5.82 Å². The van der Waals surface area contributed by atoms with Crippen molar-refractivity contribution in [3.05, 3.63) is 95.6 Å². The molecule has 4 rings (SSSR count). The average molecular weight is 502 g/mol. The first-order valence-electron chi connectivity index (χ1n) is 10.4. The van der Waals surface area contributed by atoms with E-state index in [1.54, 1.807) is 29.4 Å². The van der Waals surface area contributed by atoms with Crippen LogP contribution in [0.15, 0.2) is 67.3 Å². The number of halogens is 4. The van der Waals surface area contributed by atoms with Gasteiger partial charge in [-0.1, -0.05) is 18.2 Å². The fourth-order valence-corrected chi connectivity index (χ4v) is 3.40. The quantitative estimate of drug-likeness (QED) is 0.326. The molecule has 9 nitrogen and oxygen atoms in total. The second-order valence-electron chi connectivity index (χ2n) is 7.66. The number of carbonyl (C=O) groups excluding carboxylic acids is 1. The SMILES string of the molecule is O=C(O)NCc1cccc(-n2nc(C(F)(F)F)cc2C(=O)Nc2cc(Cn3ccnc3)ccc2F)c1. The molecule has 0 unspecified atom stereocenters. The Hall–Kier alpha value is -4.68. The molecule has 4 aromatic rings. The van der Waals surface area contributed by atoms with Crippen molar-refractivity contribution < 1.29 is 32.3 Å². The summed E-state index contributed by atoms with van der Waals surface area (Å²) in [7, 11) is 0. The summed E-state index contributed by atoms with van der Waals surface area (Å²) >= 11 is 0. The van der Waals surface area contributed by atoms with Crippen molar-refractivity contribution in [2.75, 3.05) is 5.32 Å². The number of amides is 2. The maximum absolute atomic E-state index is 14.5. The molecule has 2 heterocycles. The molecule has 36 heavy (non-hydrogen) atoms. The minimum absolute atomic E-state index is 0.0784. The topological polar surface area (TPSA) is 114 Å². The Labute approximate surface area is 201 Å². The van der Waals surface area contributed by atoms with E-state index in [-0.39, 0.29) is 17.9 Å². The van der Waals surface area contributed by atoms with Gasteiger partial charge in [-0.15, -0.1) is 0 Å². The lowest BCUT2D eigenvalue weighted by atomic mass is 10.1. The number of nitrogens with zero attached hydrogens (tertiary/aromatic N) is 4. The molecule has 0 aliphatic rings. The van der Waals surface area contributed by atoms with Gasteiger partial charge in [-0.05, 0) is 35.4 Å². The number of imidazole rings is 1. The number of anilines is 1. The minimum atomic E-state index is -4.85. The molecular formula is C23H18F4N6O3. The van der Waals surface area contributed by atoms with Crippen LogP contribution in [0.4, 0.5) is 28.0 Å². The van der Waals surface area contributed by atoms with Gasteiger partial charge in [0, 0.05) is 31.5 Å². The first kappa shape index (κ1) is 24.4. The second-order valence-corrected chi connectivity index (χ2v) is 7.66. The fraction of sp³-hybridized carbons (Fsp3) is 0.130. The Morgan fingerprint density at radius 2 is 1.86 bits per heavy atom. The van der Waals surface area contributed by atoms with Gasteiger partial charge in [-0.2, -0.15) is 18.3 Å². The van der Waals surface area contributed by atoms with Crippen LogP contribution in [0.2, 0.25) is 0 Å². The van der Waals surface area contributed by atoms with E-state index in [4.69, 9.17) is 5.11 Å². The smallest absolute Gasteiger partial charge is 0.435 e.